The molecule has 26 heavy (non-hydrogen) atoms. The van der Waals surface area contributed by atoms with Crippen molar-refractivity contribution >= 4 is 40.2 Å². The fourth-order valence-corrected chi connectivity index (χ4v) is 2.53. The van der Waals surface area contributed by atoms with E-state index in [1.54, 1.807) is 36.4 Å². The predicted molar refractivity (Wildman–Crippen MR) is 102 cm³/mol. The lowest BCUT2D eigenvalue weighted by Gasteiger charge is -2.15. The summed E-state index contributed by atoms with van der Waals surface area (Å²) in [4.78, 5) is 24.0. The number of para-hydroxylation sites is 1. The maximum Gasteiger partial charge on any atom is 0.341 e. The number of hydrogen-bond donors (Lipinski definition) is 1. The van der Waals surface area contributed by atoms with Crippen molar-refractivity contribution in [2.24, 2.45) is 0 Å². The van der Waals surface area contributed by atoms with Gasteiger partial charge in [0.15, 0.2) is 0 Å². The van der Waals surface area contributed by atoms with Crippen LogP contribution in [-0.4, -0.2) is 12.6 Å². The Hall–Kier alpha value is -2.99. The van der Waals surface area contributed by atoms with E-state index in [1.165, 1.54) is 12.1 Å². The average molecular weight is 373 g/mol. The molecule has 7 heteroatoms. The molecule has 0 bridgehead atoms. The summed E-state index contributed by atoms with van der Waals surface area (Å²) in [6, 6.07) is 14.6. The zero-order valence-electron chi connectivity index (χ0n) is 14.1. The molecular formula is C19H17ClN2O4. The number of urea groups is 1. The number of benzene rings is 2. The third kappa shape index (κ3) is 3.97. The number of rotatable bonds is 5. The van der Waals surface area contributed by atoms with Gasteiger partial charge in [0.05, 0.1) is 23.7 Å². The van der Waals surface area contributed by atoms with E-state index in [0.29, 0.717) is 34.7 Å². The van der Waals surface area contributed by atoms with E-state index >= 15 is 0 Å². The van der Waals surface area contributed by atoms with Gasteiger partial charge in [-0.1, -0.05) is 25.1 Å². The fraction of sp³-hybridized carbons (Fsp3) is 0.158. The van der Waals surface area contributed by atoms with Crippen molar-refractivity contribution in [3.8, 4) is 5.75 Å². The van der Waals surface area contributed by atoms with E-state index in [2.05, 4.69) is 5.32 Å². The number of ether oxygens (including phenoxy) is 1. The number of halogens is 1. The lowest BCUT2D eigenvalue weighted by molar-refractivity contribution is 0.260. The standard InChI is InChI=1S/C19H17ClN2O4/c1-2-10-25-16-12-18(23)26-17-11-14(8-9-15(16)17)22(20)19(24)21-13-6-4-3-5-7-13/h3-9,11-12H,2,10H2,1H3,(H,21,24). The van der Waals surface area contributed by atoms with Gasteiger partial charge in [-0.3, -0.25) is 0 Å². The highest BCUT2D eigenvalue weighted by Gasteiger charge is 2.16. The first-order chi connectivity index (χ1) is 12.6. The summed E-state index contributed by atoms with van der Waals surface area (Å²) in [5.74, 6) is 0.444. The Bertz CT molecular complexity index is 972. The molecule has 0 spiro atoms. The highest BCUT2D eigenvalue weighted by molar-refractivity contribution is 6.38. The Labute approximate surface area is 155 Å². The Morgan fingerprint density at radius 3 is 2.69 bits per heavy atom. The third-order valence-corrected chi connectivity index (χ3v) is 3.93. The van der Waals surface area contributed by atoms with Crippen LogP contribution in [0.4, 0.5) is 16.2 Å². The second kappa shape index (κ2) is 7.93. The Kier molecular flexibility index (Phi) is 5.43. The molecule has 1 N–H and O–H groups in total. The molecule has 0 aliphatic carbocycles. The number of nitrogens with one attached hydrogen (secondary N) is 1. The van der Waals surface area contributed by atoms with Crippen LogP contribution in [-0.2, 0) is 0 Å². The first kappa shape index (κ1) is 17.8. The van der Waals surface area contributed by atoms with Crippen LogP contribution >= 0.6 is 11.8 Å². The second-order valence-corrected chi connectivity index (χ2v) is 5.87. The Morgan fingerprint density at radius 2 is 1.96 bits per heavy atom. The van der Waals surface area contributed by atoms with Gasteiger partial charge in [-0.25, -0.2) is 14.0 Å². The van der Waals surface area contributed by atoms with Crippen LogP contribution in [0.2, 0.25) is 0 Å². The normalized spacial score (nSPS) is 10.5. The number of anilines is 2. The van der Waals surface area contributed by atoms with Crippen molar-refractivity contribution in [1.29, 1.82) is 0 Å². The summed E-state index contributed by atoms with van der Waals surface area (Å²) in [5, 5.41) is 3.31. The first-order valence-corrected chi connectivity index (χ1v) is 8.45. The minimum absolute atomic E-state index is 0.291. The molecule has 0 saturated carbocycles. The van der Waals surface area contributed by atoms with Crippen molar-refractivity contribution in [3.05, 3.63) is 65.0 Å². The van der Waals surface area contributed by atoms with Crippen LogP contribution in [0.15, 0.2) is 63.8 Å². The van der Waals surface area contributed by atoms with Gasteiger partial charge in [-0.15, -0.1) is 0 Å². The summed E-state index contributed by atoms with van der Waals surface area (Å²) < 4.78 is 11.7. The van der Waals surface area contributed by atoms with Crippen LogP contribution in [0.3, 0.4) is 0 Å². The number of carbonyl (C=O) groups is 1. The van der Waals surface area contributed by atoms with E-state index < -0.39 is 11.7 Å². The summed E-state index contributed by atoms with van der Waals surface area (Å²) in [5.41, 5.74) is 0.740. The molecule has 0 saturated heterocycles. The topological polar surface area (TPSA) is 71.8 Å². The van der Waals surface area contributed by atoms with E-state index in [-0.39, 0.29) is 0 Å². The van der Waals surface area contributed by atoms with Gasteiger partial charge in [-0.2, -0.15) is 0 Å². The van der Waals surface area contributed by atoms with E-state index in [9.17, 15) is 9.59 Å². The van der Waals surface area contributed by atoms with Crippen LogP contribution in [0.25, 0.3) is 11.0 Å². The number of amides is 2. The van der Waals surface area contributed by atoms with Crippen molar-refractivity contribution in [2.45, 2.75) is 13.3 Å². The maximum atomic E-state index is 12.3. The van der Waals surface area contributed by atoms with Gasteiger partial charge in [0, 0.05) is 23.5 Å². The molecule has 1 aromatic heterocycles. The number of fused-ring (bicyclic) bond motifs is 1. The van der Waals surface area contributed by atoms with Crippen LogP contribution in [0.5, 0.6) is 5.75 Å². The quantitative estimate of drug-likeness (QED) is 0.517. The van der Waals surface area contributed by atoms with Crippen LogP contribution in [0.1, 0.15) is 13.3 Å². The molecule has 0 fully saturated rings. The molecule has 6 nitrogen and oxygen atoms in total. The maximum absolute atomic E-state index is 12.3. The molecule has 2 aromatic carbocycles. The highest BCUT2D eigenvalue weighted by atomic mass is 35.5. The molecule has 0 atom stereocenters. The van der Waals surface area contributed by atoms with Crippen LogP contribution in [0, 0.1) is 0 Å². The summed E-state index contributed by atoms with van der Waals surface area (Å²) in [6.45, 7) is 2.46. The molecular weight excluding hydrogens is 356 g/mol. The lowest BCUT2D eigenvalue weighted by atomic mass is 10.2. The molecule has 0 aliphatic heterocycles. The molecule has 3 rings (SSSR count). The predicted octanol–water partition coefficient (Wildman–Crippen LogP) is 4.77. The molecule has 0 aliphatic rings. The fourth-order valence-electron chi connectivity index (χ4n) is 2.39. The van der Waals surface area contributed by atoms with E-state index in [4.69, 9.17) is 20.9 Å². The van der Waals surface area contributed by atoms with E-state index in [0.717, 1.165) is 10.8 Å². The van der Waals surface area contributed by atoms with Gasteiger partial charge in [-0.05, 0) is 30.7 Å². The first-order valence-electron chi connectivity index (χ1n) is 8.11. The average Bonchev–Trinajstić information content (AvgIpc) is 2.65. The second-order valence-electron chi connectivity index (χ2n) is 5.54. The van der Waals surface area contributed by atoms with Gasteiger partial charge < -0.3 is 14.5 Å². The summed E-state index contributed by atoms with van der Waals surface area (Å²) in [7, 11) is 0. The number of hydrogen-bond acceptors (Lipinski definition) is 4. The minimum atomic E-state index is -0.532. The molecule has 3 aromatic rings. The molecule has 1 heterocycles. The summed E-state index contributed by atoms with van der Waals surface area (Å²) >= 11 is 6.14. The highest BCUT2D eigenvalue weighted by Crippen LogP contribution is 2.29. The monoisotopic (exact) mass is 372 g/mol. The third-order valence-electron chi connectivity index (χ3n) is 3.58. The van der Waals surface area contributed by atoms with Crippen molar-refractivity contribution in [1.82, 2.24) is 0 Å². The smallest absolute Gasteiger partial charge is 0.341 e. The molecule has 2 amide bonds. The molecule has 0 unspecified atom stereocenters. The lowest BCUT2D eigenvalue weighted by Crippen LogP contribution is -2.26. The largest absolute Gasteiger partial charge is 0.493 e. The summed E-state index contributed by atoms with van der Waals surface area (Å²) in [6.07, 6.45) is 0.814. The van der Waals surface area contributed by atoms with Gasteiger partial charge >= 0.3 is 11.7 Å². The molecule has 134 valence electrons. The van der Waals surface area contributed by atoms with Gasteiger partial charge in [0.1, 0.15) is 11.3 Å². The Balaban J connectivity index is 1.88. The SMILES string of the molecule is CCCOc1cc(=O)oc2cc(N(Cl)C(=O)Nc3ccccc3)ccc12. The van der Waals surface area contributed by atoms with Crippen molar-refractivity contribution in [2.75, 3.05) is 16.3 Å². The Morgan fingerprint density at radius 1 is 1.19 bits per heavy atom. The van der Waals surface area contributed by atoms with Crippen molar-refractivity contribution in [3.63, 3.8) is 0 Å². The zero-order valence-corrected chi connectivity index (χ0v) is 14.8. The van der Waals surface area contributed by atoms with Gasteiger partial charge in [0.25, 0.3) is 0 Å². The van der Waals surface area contributed by atoms with Crippen LogP contribution < -0.4 is 20.1 Å². The zero-order chi connectivity index (χ0) is 18.5. The molecule has 0 radical (unpaired) electrons. The minimum Gasteiger partial charge on any atom is -0.493 e. The van der Waals surface area contributed by atoms with Gasteiger partial charge in [0.2, 0.25) is 0 Å². The van der Waals surface area contributed by atoms with Crippen molar-refractivity contribution < 1.29 is 13.9 Å². The van der Waals surface area contributed by atoms with E-state index in [1.807, 2.05) is 13.0 Å². The number of carbonyl (C=O) groups excluding carboxylic acids is 1. The number of nitrogens with zero attached hydrogens (tertiary/aromatic N) is 1.